The molecule has 6 heteroatoms. The van der Waals surface area contributed by atoms with Crippen LogP contribution in [0.3, 0.4) is 0 Å². The predicted molar refractivity (Wildman–Crippen MR) is 96.9 cm³/mol. The molecule has 0 fully saturated rings. The molecule has 0 saturated heterocycles. The molecule has 0 spiro atoms. The van der Waals surface area contributed by atoms with E-state index in [9.17, 15) is 4.79 Å². The summed E-state index contributed by atoms with van der Waals surface area (Å²) in [5.41, 5.74) is 8.57. The summed E-state index contributed by atoms with van der Waals surface area (Å²) in [7, 11) is 1.79. The number of likely N-dealkylation sites (N-methyl/N-ethyl adjacent to an activating group) is 1. The van der Waals surface area contributed by atoms with Crippen molar-refractivity contribution in [3.05, 3.63) is 59.1 Å². The number of fused-ring (bicyclic) bond motifs is 1. The van der Waals surface area contributed by atoms with Crippen LogP contribution < -0.4 is 5.73 Å². The number of aromatic nitrogens is 2. The van der Waals surface area contributed by atoms with Gasteiger partial charge in [-0.1, -0.05) is 48.0 Å². The van der Waals surface area contributed by atoms with Gasteiger partial charge in [0.1, 0.15) is 0 Å². The molecule has 1 heterocycles. The number of imidazole rings is 1. The van der Waals surface area contributed by atoms with Gasteiger partial charge in [0.25, 0.3) is 0 Å². The summed E-state index contributed by atoms with van der Waals surface area (Å²) in [4.78, 5) is 18.4. The molecular formula is C18H19ClN4O. The van der Waals surface area contributed by atoms with Gasteiger partial charge >= 0.3 is 0 Å². The van der Waals surface area contributed by atoms with Gasteiger partial charge in [-0.25, -0.2) is 4.98 Å². The van der Waals surface area contributed by atoms with Crippen molar-refractivity contribution in [3.63, 3.8) is 0 Å². The van der Waals surface area contributed by atoms with Crippen molar-refractivity contribution in [2.45, 2.75) is 13.0 Å². The van der Waals surface area contributed by atoms with Crippen LogP contribution in [0, 0.1) is 0 Å². The van der Waals surface area contributed by atoms with E-state index in [-0.39, 0.29) is 5.91 Å². The number of benzene rings is 2. The highest BCUT2D eigenvalue weighted by Gasteiger charge is 2.14. The standard InChI is InChI=1S/C18H19ClN4O/c1-22(16(24)12-13-6-3-2-4-7-13)10-11-23-17-14(19)8-5-9-15(17)21-18(23)20/h2-9H,10-12H2,1H3,(H2,20,21). The molecule has 5 nitrogen and oxygen atoms in total. The second-order valence-electron chi connectivity index (χ2n) is 5.71. The number of hydrogen-bond acceptors (Lipinski definition) is 3. The molecule has 1 aromatic heterocycles. The zero-order valence-electron chi connectivity index (χ0n) is 13.4. The lowest BCUT2D eigenvalue weighted by Gasteiger charge is -2.18. The fourth-order valence-corrected chi connectivity index (χ4v) is 2.94. The summed E-state index contributed by atoms with van der Waals surface area (Å²) < 4.78 is 1.85. The molecule has 0 aliphatic heterocycles. The number of anilines is 1. The summed E-state index contributed by atoms with van der Waals surface area (Å²) in [5, 5.41) is 0.606. The van der Waals surface area contributed by atoms with Gasteiger partial charge in [-0.3, -0.25) is 4.79 Å². The summed E-state index contributed by atoms with van der Waals surface area (Å²) in [6.45, 7) is 1.08. The molecule has 0 aliphatic carbocycles. The number of nitrogen functional groups attached to an aromatic ring is 1. The van der Waals surface area contributed by atoms with Crippen molar-refractivity contribution in [1.82, 2.24) is 14.5 Å². The monoisotopic (exact) mass is 342 g/mol. The molecule has 0 radical (unpaired) electrons. The Bertz CT molecular complexity index is 860. The van der Waals surface area contributed by atoms with E-state index < -0.39 is 0 Å². The van der Waals surface area contributed by atoms with Crippen LogP contribution in [-0.2, 0) is 17.8 Å². The highest BCUT2D eigenvalue weighted by Crippen LogP contribution is 2.25. The SMILES string of the molecule is CN(CCn1c(N)nc2cccc(Cl)c21)C(=O)Cc1ccccc1. The van der Waals surface area contributed by atoms with Crippen molar-refractivity contribution in [2.75, 3.05) is 19.3 Å². The molecule has 0 saturated carbocycles. The third kappa shape index (κ3) is 3.36. The number of nitrogens with zero attached hydrogens (tertiary/aromatic N) is 3. The molecule has 3 aromatic rings. The third-order valence-corrected chi connectivity index (χ3v) is 4.33. The summed E-state index contributed by atoms with van der Waals surface area (Å²) in [5.74, 6) is 0.470. The minimum atomic E-state index is 0.0651. The zero-order chi connectivity index (χ0) is 17.1. The van der Waals surface area contributed by atoms with Gasteiger partial charge in [0.15, 0.2) is 0 Å². The molecule has 0 unspecified atom stereocenters. The molecule has 3 rings (SSSR count). The van der Waals surface area contributed by atoms with Gasteiger partial charge in [0.05, 0.1) is 22.5 Å². The number of rotatable bonds is 5. The third-order valence-electron chi connectivity index (χ3n) is 4.03. The molecule has 124 valence electrons. The molecule has 2 aromatic carbocycles. The minimum Gasteiger partial charge on any atom is -0.369 e. The van der Waals surface area contributed by atoms with E-state index in [4.69, 9.17) is 17.3 Å². The van der Waals surface area contributed by atoms with Crippen LogP contribution in [0.25, 0.3) is 11.0 Å². The fraction of sp³-hybridized carbons (Fsp3) is 0.222. The van der Waals surface area contributed by atoms with E-state index in [1.165, 1.54) is 0 Å². The maximum absolute atomic E-state index is 12.3. The van der Waals surface area contributed by atoms with E-state index in [1.807, 2.05) is 53.1 Å². The van der Waals surface area contributed by atoms with E-state index in [1.54, 1.807) is 11.9 Å². The lowest BCUT2D eigenvalue weighted by Crippen LogP contribution is -2.31. The Balaban J connectivity index is 1.69. The van der Waals surface area contributed by atoms with Gasteiger partial charge in [-0.05, 0) is 17.7 Å². The first-order chi connectivity index (χ1) is 11.6. The second-order valence-corrected chi connectivity index (χ2v) is 6.11. The highest BCUT2D eigenvalue weighted by molar-refractivity contribution is 6.35. The number of carbonyl (C=O) groups is 1. The molecular weight excluding hydrogens is 324 g/mol. The topological polar surface area (TPSA) is 64.2 Å². The van der Waals surface area contributed by atoms with Crippen LogP contribution in [0.15, 0.2) is 48.5 Å². The summed E-state index contributed by atoms with van der Waals surface area (Å²) >= 11 is 6.26. The minimum absolute atomic E-state index is 0.0651. The van der Waals surface area contributed by atoms with Crippen LogP contribution in [0.5, 0.6) is 0 Å². The largest absolute Gasteiger partial charge is 0.369 e. The second kappa shape index (κ2) is 6.93. The first-order valence-corrected chi connectivity index (χ1v) is 8.12. The molecule has 0 aliphatic rings. The van der Waals surface area contributed by atoms with Gasteiger partial charge in [0.2, 0.25) is 11.9 Å². The van der Waals surface area contributed by atoms with Gasteiger partial charge in [-0.15, -0.1) is 0 Å². The van der Waals surface area contributed by atoms with E-state index in [0.717, 1.165) is 16.6 Å². The average Bonchev–Trinajstić information content (AvgIpc) is 2.90. The van der Waals surface area contributed by atoms with Gasteiger partial charge in [-0.2, -0.15) is 0 Å². The van der Waals surface area contributed by atoms with Crippen molar-refractivity contribution in [2.24, 2.45) is 0 Å². The Kier molecular flexibility index (Phi) is 4.71. The van der Waals surface area contributed by atoms with Gasteiger partial charge in [0, 0.05) is 20.1 Å². The Morgan fingerprint density at radius 2 is 1.96 bits per heavy atom. The number of amides is 1. The van der Waals surface area contributed by atoms with Crippen LogP contribution in [0.2, 0.25) is 5.02 Å². The summed E-state index contributed by atoms with van der Waals surface area (Å²) in [6, 6.07) is 15.2. The average molecular weight is 343 g/mol. The molecule has 0 bridgehead atoms. The zero-order valence-corrected chi connectivity index (χ0v) is 14.2. The molecule has 1 amide bonds. The van der Waals surface area contributed by atoms with E-state index >= 15 is 0 Å². The maximum atomic E-state index is 12.3. The normalized spacial score (nSPS) is 10.9. The molecule has 0 atom stereocenters. The molecule has 2 N–H and O–H groups in total. The van der Waals surface area contributed by atoms with Crippen LogP contribution in [0.4, 0.5) is 5.95 Å². The van der Waals surface area contributed by atoms with E-state index in [2.05, 4.69) is 4.98 Å². The van der Waals surface area contributed by atoms with Crippen LogP contribution in [-0.4, -0.2) is 34.0 Å². The van der Waals surface area contributed by atoms with Crippen molar-refractivity contribution in [1.29, 1.82) is 0 Å². The number of halogens is 1. The van der Waals surface area contributed by atoms with E-state index in [0.29, 0.717) is 30.5 Å². The number of hydrogen-bond donors (Lipinski definition) is 1. The Hall–Kier alpha value is -2.53. The highest BCUT2D eigenvalue weighted by atomic mass is 35.5. The lowest BCUT2D eigenvalue weighted by atomic mass is 10.1. The van der Waals surface area contributed by atoms with Crippen molar-refractivity contribution >= 4 is 34.5 Å². The Labute approximate surface area is 145 Å². The first-order valence-electron chi connectivity index (χ1n) is 7.74. The first kappa shape index (κ1) is 16.3. The Morgan fingerprint density at radius 3 is 2.71 bits per heavy atom. The van der Waals surface area contributed by atoms with Crippen molar-refractivity contribution < 1.29 is 4.79 Å². The Morgan fingerprint density at radius 1 is 1.21 bits per heavy atom. The van der Waals surface area contributed by atoms with Crippen LogP contribution in [0.1, 0.15) is 5.56 Å². The smallest absolute Gasteiger partial charge is 0.226 e. The number of nitrogens with two attached hydrogens (primary N) is 1. The predicted octanol–water partition coefficient (Wildman–Crippen LogP) is 2.97. The lowest BCUT2D eigenvalue weighted by molar-refractivity contribution is -0.129. The van der Waals surface area contributed by atoms with Crippen molar-refractivity contribution in [3.8, 4) is 0 Å². The van der Waals surface area contributed by atoms with Crippen LogP contribution >= 0.6 is 11.6 Å². The summed E-state index contributed by atoms with van der Waals surface area (Å²) in [6.07, 6.45) is 0.387. The maximum Gasteiger partial charge on any atom is 0.226 e. The number of carbonyl (C=O) groups excluding carboxylic acids is 1. The van der Waals surface area contributed by atoms with Gasteiger partial charge < -0.3 is 15.2 Å². The quantitative estimate of drug-likeness (QED) is 0.775. The number of para-hydroxylation sites is 1. The fourth-order valence-electron chi connectivity index (χ4n) is 2.67. The molecule has 24 heavy (non-hydrogen) atoms.